The van der Waals surface area contributed by atoms with Crippen LogP contribution in [0.5, 0.6) is 11.6 Å². The summed E-state index contributed by atoms with van der Waals surface area (Å²) in [5.41, 5.74) is 0.664. The Balaban J connectivity index is 2.10. The average Bonchev–Trinajstić information content (AvgIpc) is 2.48. The van der Waals surface area contributed by atoms with E-state index < -0.39 is 5.97 Å². The second-order valence-electron chi connectivity index (χ2n) is 3.56. The summed E-state index contributed by atoms with van der Waals surface area (Å²) in [4.78, 5) is 25.4. The zero-order chi connectivity index (χ0) is 13.7. The molecule has 2 aromatic rings. The predicted octanol–water partition coefficient (Wildman–Crippen LogP) is 3.06. The van der Waals surface area contributed by atoms with Gasteiger partial charge in [0.25, 0.3) is 0 Å². The van der Waals surface area contributed by atoms with Crippen molar-refractivity contribution in [3.63, 3.8) is 0 Å². The number of ether oxygens (including phenoxy) is 2. The predicted molar refractivity (Wildman–Crippen MR) is 67.5 cm³/mol. The summed E-state index contributed by atoms with van der Waals surface area (Å²) in [6, 6.07) is 9.45. The van der Waals surface area contributed by atoms with Gasteiger partial charge in [-0.15, -0.1) is 4.91 Å². The van der Waals surface area contributed by atoms with Crippen molar-refractivity contribution in [2.45, 2.75) is 0 Å². The maximum Gasteiger partial charge on any atom is 0.337 e. The molecule has 0 radical (unpaired) electrons. The van der Waals surface area contributed by atoms with Gasteiger partial charge in [-0.1, -0.05) is 0 Å². The van der Waals surface area contributed by atoms with Gasteiger partial charge in [0, 0.05) is 6.07 Å². The van der Waals surface area contributed by atoms with Crippen LogP contribution < -0.4 is 4.74 Å². The molecule has 0 unspecified atom stereocenters. The van der Waals surface area contributed by atoms with Crippen LogP contribution in [0.3, 0.4) is 0 Å². The summed E-state index contributed by atoms with van der Waals surface area (Å²) < 4.78 is 10.0. The third-order valence-electron chi connectivity index (χ3n) is 2.32. The van der Waals surface area contributed by atoms with Gasteiger partial charge in [-0.25, -0.2) is 9.78 Å². The van der Waals surface area contributed by atoms with Gasteiger partial charge in [0.1, 0.15) is 11.4 Å². The zero-order valence-corrected chi connectivity index (χ0v) is 10.1. The number of hydrogen-bond acceptors (Lipinski definition) is 6. The van der Waals surface area contributed by atoms with E-state index in [1.807, 2.05) is 0 Å². The Morgan fingerprint density at radius 3 is 2.42 bits per heavy atom. The quantitative estimate of drug-likeness (QED) is 0.622. The van der Waals surface area contributed by atoms with Crippen LogP contribution >= 0.6 is 0 Å². The number of pyridine rings is 1. The van der Waals surface area contributed by atoms with Gasteiger partial charge < -0.3 is 9.47 Å². The number of carbonyl (C=O) groups excluding carboxylic acids is 1. The monoisotopic (exact) mass is 258 g/mol. The maximum absolute atomic E-state index is 11.2. The lowest BCUT2D eigenvalue weighted by Crippen LogP contribution is -2.00. The van der Waals surface area contributed by atoms with Crippen LogP contribution in [0.1, 0.15) is 10.4 Å². The molecule has 0 spiro atoms. The summed E-state index contributed by atoms with van der Waals surface area (Å²) in [6.45, 7) is 0. The normalized spacial score (nSPS) is 9.74. The highest BCUT2D eigenvalue weighted by atomic mass is 16.5. The Morgan fingerprint density at radius 2 is 1.89 bits per heavy atom. The van der Waals surface area contributed by atoms with Crippen molar-refractivity contribution in [3.8, 4) is 11.6 Å². The fourth-order valence-corrected chi connectivity index (χ4v) is 1.38. The standard InChI is InChI=1S/C13H10N2O4/c1-18-13(16)9-2-5-11(6-3-9)19-12-7-4-10(15-17)8-14-12/h2-8H,1H3. The number of nitroso groups, excluding NO2 is 1. The molecule has 0 aliphatic heterocycles. The van der Waals surface area contributed by atoms with Crippen LogP contribution in [0.4, 0.5) is 5.69 Å². The van der Waals surface area contributed by atoms with Crippen LogP contribution in [0, 0.1) is 4.91 Å². The van der Waals surface area contributed by atoms with Crippen molar-refractivity contribution < 1.29 is 14.3 Å². The van der Waals surface area contributed by atoms with Crippen molar-refractivity contribution in [1.29, 1.82) is 0 Å². The van der Waals surface area contributed by atoms with E-state index in [0.717, 1.165) is 0 Å². The minimum absolute atomic E-state index is 0.230. The molecule has 96 valence electrons. The molecular formula is C13H10N2O4. The van der Waals surface area contributed by atoms with Gasteiger partial charge in [-0.2, -0.15) is 0 Å². The van der Waals surface area contributed by atoms with Crippen molar-refractivity contribution in [1.82, 2.24) is 4.98 Å². The molecule has 6 heteroatoms. The topological polar surface area (TPSA) is 77.9 Å². The lowest BCUT2D eigenvalue weighted by atomic mass is 10.2. The first-order valence-electron chi connectivity index (χ1n) is 5.38. The Kier molecular flexibility index (Phi) is 3.82. The van der Waals surface area contributed by atoms with E-state index in [1.54, 1.807) is 24.3 Å². The number of carbonyl (C=O) groups is 1. The highest BCUT2D eigenvalue weighted by Crippen LogP contribution is 2.21. The van der Waals surface area contributed by atoms with Crippen LogP contribution in [0.15, 0.2) is 47.8 Å². The minimum atomic E-state index is -0.411. The number of methoxy groups -OCH3 is 1. The SMILES string of the molecule is COC(=O)c1ccc(Oc2ccc(N=O)cn2)cc1. The van der Waals surface area contributed by atoms with Gasteiger partial charge in [0.15, 0.2) is 0 Å². The third-order valence-corrected chi connectivity index (χ3v) is 2.32. The fraction of sp³-hybridized carbons (Fsp3) is 0.0769. The molecule has 0 amide bonds. The first-order valence-corrected chi connectivity index (χ1v) is 5.38. The lowest BCUT2D eigenvalue weighted by molar-refractivity contribution is 0.0600. The number of benzene rings is 1. The van der Waals surface area contributed by atoms with Crippen molar-refractivity contribution in [2.75, 3.05) is 7.11 Å². The van der Waals surface area contributed by atoms with Gasteiger partial charge in [-0.3, -0.25) is 0 Å². The second-order valence-corrected chi connectivity index (χ2v) is 3.56. The maximum atomic E-state index is 11.2. The lowest BCUT2D eigenvalue weighted by Gasteiger charge is -2.05. The van der Waals surface area contributed by atoms with E-state index in [2.05, 4.69) is 14.9 Å². The average molecular weight is 258 g/mol. The summed E-state index contributed by atoms with van der Waals surface area (Å²) >= 11 is 0. The molecule has 1 aromatic heterocycles. The van der Waals surface area contributed by atoms with Gasteiger partial charge in [0.2, 0.25) is 5.88 Å². The largest absolute Gasteiger partial charge is 0.465 e. The molecule has 0 N–H and O–H groups in total. The van der Waals surface area contributed by atoms with Crippen molar-refractivity contribution in [2.24, 2.45) is 5.18 Å². The summed E-state index contributed by atoms with van der Waals surface area (Å²) in [7, 11) is 1.32. The van der Waals surface area contributed by atoms with Gasteiger partial charge >= 0.3 is 5.97 Å². The Bertz CT molecular complexity index is 579. The van der Waals surface area contributed by atoms with E-state index >= 15 is 0 Å². The number of esters is 1. The van der Waals surface area contributed by atoms with Gasteiger partial charge in [-0.05, 0) is 35.5 Å². The molecule has 0 aliphatic carbocycles. The molecule has 0 fully saturated rings. The second kappa shape index (κ2) is 5.72. The Labute approximate surface area is 109 Å². The minimum Gasteiger partial charge on any atom is -0.465 e. The van der Waals surface area contributed by atoms with E-state index in [-0.39, 0.29) is 5.69 Å². The highest BCUT2D eigenvalue weighted by molar-refractivity contribution is 5.89. The molecule has 1 aromatic carbocycles. The number of rotatable bonds is 4. The molecule has 0 saturated heterocycles. The summed E-state index contributed by atoms with van der Waals surface area (Å²) in [5.74, 6) is 0.441. The summed E-state index contributed by atoms with van der Waals surface area (Å²) in [6.07, 6.45) is 1.31. The molecule has 0 bridgehead atoms. The zero-order valence-electron chi connectivity index (χ0n) is 10.1. The summed E-state index contributed by atoms with van der Waals surface area (Å²) in [5, 5.41) is 2.74. The Morgan fingerprint density at radius 1 is 1.16 bits per heavy atom. The molecule has 1 heterocycles. The van der Waals surface area contributed by atoms with Gasteiger partial charge in [0.05, 0.1) is 18.9 Å². The molecule has 2 rings (SSSR count). The van der Waals surface area contributed by atoms with E-state index in [0.29, 0.717) is 17.2 Å². The molecule has 19 heavy (non-hydrogen) atoms. The van der Waals surface area contributed by atoms with Crippen LogP contribution in [-0.4, -0.2) is 18.1 Å². The smallest absolute Gasteiger partial charge is 0.337 e. The van der Waals surface area contributed by atoms with E-state index in [9.17, 15) is 9.70 Å². The van der Waals surface area contributed by atoms with E-state index in [1.165, 1.54) is 25.4 Å². The molecule has 0 atom stereocenters. The third kappa shape index (κ3) is 3.12. The first kappa shape index (κ1) is 12.7. The molecule has 0 aliphatic rings. The molecule has 6 nitrogen and oxygen atoms in total. The van der Waals surface area contributed by atoms with Crippen molar-refractivity contribution in [3.05, 3.63) is 53.1 Å². The van der Waals surface area contributed by atoms with Crippen LogP contribution in [-0.2, 0) is 4.74 Å². The Hall–Kier alpha value is -2.76. The fourth-order valence-electron chi connectivity index (χ4n) is 1.38. The first-order chi connectivity index (χ1) is 9.22. The number of hydrogen-bond donors (Lipinski definition) is 0. The number of aromatic nitrogens is 1. The molecule has 0 saturated carbocycles. The highest BCUT2D eigenvalue weighted by Gasteiger charge is 2.05. The van der Waals surface area contributed by atoms with Crippen LogP contribution in [0.2, 0.25) is 0 Å². The van der Waals surface area contributed by atoms with E-state index in [4.69, 9.17) is 4.74 Å². The number of nitrogens with zero attached hydrogens (tertiary/aromatic N) is 2. The van der Waals surface area contributed by atoms with Crippen LogP contribution in [0.25, 0.3) is 0 Å². The van der Waals surface area contributed by atoms with Crippen molar-refractivity contribution >= 4 is 11.7 Å². The molecular weight excluding hydrogens is 248 g/mol.